The number of nitrogens with one attached hydrogen (secondary N) is 2. The van der Waals surface area contributed by atoms with Gasteiger partial charge in [0.15, 0.2) is 0 Å². The summed E-state index contributed by atoms with van der Waals surface area (Å²) in [7, 11) is -3.72. The minimum Gasteiger partial charge on any atom is -0.492 e. The summed E-state index contributed by atoms with van der Waals surface area (Å²) in [6.07, 6.45) is 1.82. The van der Waals surface area contributed by atoms with E-state index in [4.69, 9.17) is 4.74 Å². The summed E-state index contributed by atoms with van der Waals surface area (Å²) < 4.78 is 33.0. The summed E-state index contributed by atoms with van der Waals surface area (Å²) in [6.45, 7) is 2.82. The summed E-state index contributed by atoms with van der Waals surface area (Å²) in [5.41, 5.74) is 1.17. The number of ether oxygens (including phenoxy) is 1. The lowest BCUT2D eigenvalue weighted by Gasteiger charge is -2.19. The molecule has 2 aromatic carbocycles. The number of anilines is 1. The van der Waals surface area contributed by atoms with Gasteiger partial charge in [-0.25, -0.2) is 8.42 Å². The largest absolute Gasteiger partial charge is 0.492 e. The van der Waals surface area contributed by atoms with Crippen LogP contribution in [0.1, 0.15) is 25.3 Å². The summed E-state index contributed by atoms with van der Waals surface area (Å²) in [5.74, 6) is -0.469. The zero-order valence-corrected chi connectivity index (χ0v) is 18.3. The molecule has 31 heavy (non-hydrogen) atoms. The first-order valence-electron chi connectivity index (χ1n) is 10.3. The van der Waals surface area contributed by atoms with Gasteiger partial charge in [0.1, 0.15) is 10.6 Å². The maximum Gasteiger partial charge on any atom is 0.246 e. The smallest absolute Gasteiger partial charge is 0.246 e. The Labute approximate surface area is 182 Å². The van der Waals surface area contributed by atoms with Crippen LogP contribution in [0.4, 0.5) is 5.69 Å². The van der Waals surface area contributed by atoms with E-state index < -0.39 is 15.9 Å². The number of benzene rings is 2. The van der Waals surface area contributed by atoms with Crippen LogP contribution in [0.2, 0.25) is 0 Å². The van der Waals surface area contributed by atoms with E-state index in [1.807, 2.05) is 30.3 Å². The second kappa shape index (κ2) is 10.4. The molecule has 2 aromatic rings. The molecule has 1 aliphatic heterocycles. The Kier molecular flexibility index (Phi) is 7.64. The van der Waals surface area contributed by atoms with Gasteiger partial charge in [-0.05, 0) is 43.5 Å². The van der Waals surface area contributed by atoms with E-state index in [0.29, 0.717) is 25.4 Å². The quantitative estimate of drug-likeness (QED) is 0.616. The number of amides is 2. The van der Waals surface area contributed by atoms with E-state index in [2.05, 4.69) is 10.6 Å². The molecule has 8 nitrogen and oxygen atoms in total. The third-order valence-corrected chi connectivity index (χ3v) is 6.78. The zero-order valence-electron chi connectivity index (χ0n) is 17.5. The molecule has 0 saturated carbocycles. The van der Waals surface area contributed by atoms with E-state index in [9.17, 15) is 18.0 Å². The highest BCUT2D eigenvalue weighted by Crippen LogP contribution is 2.31. The highest BCUT2D eigenvalue weighted by molar-refractivity contribution is 7.89. The summed E-state index contributed by atoms with van der Waals surface area (Å²) in [4.78, 5) is 24.3. The Morgan fingerprint density at radius 1 is 1.03 bits per heavy atom. The van der Waals surface area contributed by atoms with Gasteiger partial charge in [-0.3, -0.25) is 9.59 Å². The minimum absolute atomic E-state index is 0.0298. The number of rotatable bonds is 9. The average Bonchev–Trinajstić information content (AvgIpc) is 3.30. The van der Waals surface area contributed by atoms with Crippen LogP contribution in [0, 0.1) is 0 Å². The van der Waals surface area contributed by atoms with Gasteiger partial charge in [0.05, 0.1) is 19.6 Å². The number of nitrogens with zero attached hydrogens (tertiary/aromatic N) is 1. The molecule has 1 fully saturated rings. The van der Waals surface area contributed by atoms with Crippen molar-refractivity contribution in [3.8, 4) is 5.75 Å². The van der Waals surface area contributed by atoms with Gasteiger partial charge in [-0.15, -0.1) is 0 Å². The molecule has 2 amide bonds. The molecule has 9 heteroatoms. The molecule has 3 rings (SSSR count). The topological polar surface area (TPSA) is 105 Å². The summed E-state index contributed by atoms with van der Waals surface area (Å²) in [6, 6.07) is 13.7. The summed E-state index contributed by atoms with van der Waals surface area (Å²) >= 11 is 0. The number of hydrogen-bond acceptors (Lipinski definition) is 5. The normalized spacial score (nSPS) is 14.2. The van der Waals surface area contributed by atoms with E-state index in [0.717, 1.165) is 18.4 Å². The molecule has 0 bridgehead atoms. The highest BCUT2D eigenvalue weighted by Gasteiger charge is 2.30. The Morgan fingerprint density at radius 2 is 1.74 bits per heavy atom. The van der Waals surface area contributed by atoms with Crippen LogP contribution in [0.3, 0.4) is 0 Å². The third-order valence-electron chi connectivity index (χ3n) is 4.86. The van der Waals surface area contributed by atoms with Crippen LogP contribution in [0.25, 0.3) is 0 Å². The lowest BCUT2D eigenvalue weighted by molar-refractivity contribution is -0.123. The third kappa shape index (κ3) is 6.05. The molecule has 0 aromatic heterocycles. The fourth-order valence-electron chi connectivity index (χ4n) is 3.36. The van der Waals surface area contributed by atoms with Gasteiger partial charge in [0.2, 0.25) is 21.8 Å². The fourth-order valence-corrected chi connectivity index (χ4v) is 5.03. The molecular weight excluding hydrogens is 418 g/mol. The van der Waals surface area contributed by atoms with Crippen LogP contribution in [0.5, 0.6) is 5.75 Å². The van der Waals surface area contributed by atoms with Crippen LogP contribution < -0.4 is 15.4 Å². The predicted molar refractivity (Wildman–Crippen MR) is 117 cm³/mol. The molecule has 2 N–H and O–H groups in total. The minimum atomic E-state index is -3.72. The zero-order chi connectivity index (χ0) is 22.3. The van der Waals surface area contributed by atoms with Crippen molar-refractivity contribution in [3.63, 3.8) is 0 Å². The van der Waals surface area contributed by atoms with Crippen molar-refractivity contribution in [1.82, 2.24) is 9.62 Å². The fraction of sp³-hybridized carbons (Fsp3) is 0.364. The molecule has 0 spiro atoms. The molecule has 1 saturated heterocycles. The van der Waals surface area contributed by atoms with Gasteiger partial charge in [0.25, 0.3) is 0 Å². The molecule has 0 unspecified atom stereocenters. The van der Waals surface area contributed by atoms with E-state index >= 15 is 0 Å². The van der Waals surface area contributed by atoms with Crippen molar-refractivity contribution in [2.45, 2.75) is 31.1 Å². The lowest BCUT2D eigenvalue weighted by atomic mass is 10.1. The van der Waals surface area contributed by atoms with E-state index in [1.54, 1.807) is 13.0 Å². The number of carbonyl (C=O) groups is 2. The Morgan fingerprint density at radius 3 is 2.42 bits per heavy atom. The predicted octanol–water partition coefficient (Wildman–Crippen LogP) is 2.17. The average molecular weight is 446 g/mol. The van der Waals surface area contributed by atoms with Crippen molar-refractivity contribution in [1.29, 1.82) is 0 Å². The number of hydrogen-bond donors (Lipinski definition) is 2. The molecule has 1 heterocycles. The van der Waals surface area contributed by atoms with Gasteiger partial charge in [0, 0.05) is 18.8 Å². The monoisotopic (exact) mass is 445 g/mol. The van der Waals surface area contributed by atoms with Crippen LogP contribution in [0.15, 0.2) is 53.4 Å². The van der Waals surface area contributed by atoms with Crippen molar-refractivity contribution >= 4 is 27.5 Å². The maximum absolute atomic E-state index is 13.0. The first-order valence-corrected chi connectivity index (χ1v) is 11.7. The molecule has 0 aliphatic carbocycles. The number of carbonyl (C=O) groups excluding carboxylic acids is 2. The lowest BCUT2D eigenvalue weighted by Crippen LogP contribution is -2.33. The van der Waals surface area contributed by atoms with Crippen molar-refractivity contribution in [2.24, 2.45) is 0 Å². The standard InChI is InChI=1S/C22H27N3O5S/c1-2-30-19-11-10-18(15-20(19)31(28,29)25-12-6-7-13-25)24-22(27)16-23-21(26)14-17-8-4-3-5-9-17/h3-5,8-11,15H,2,6-7,12-14,16H2,1H3,(H,23,26)(H,24,27). The van der Waals surface area contributed by atoms with E-state index in [1.165, 1.54) is 16.4 Å². The van der Waals surface area contributed by atoms with Crippen molar-refractivity contribution in [2.75, 3.05) is 31.6 Å². The van der Waals surface area contributed by atoms with Gasteiger partial charge in [-0.2, -0.15) is 4.31 Å². The number of sulfonamides is 1. The Bertz CT molecular complexity index is 1020. The van der Waals surface area contributed by atoms with E-state index in [-0.39, 0.29) is 29.5 Å². The van der Waals surface area contributed by atoms with Gasteiger partial charge in [-0.1, -0.05) is 30.3 Å². The van der Waals surface area contributed by atoms with Crippen LogP contribution in [-0.4, -0.2) is 50.8 Å². The molecule has 0 radical (unpaired) electrons. The van der Waals surface area contributed by atoms with Gasteiger partial charge < -0.3 is 15.4 Å². The SMILES string of the molecule is CCOc1ccc(NC(=O)CNC(=O)Cc2ccccc2)cc1S(=O)(=O)N1CCCC1. The molecule has 1 aliphatic rings. The van der Waals surface area contributed by atoms with Crippen LogP contribution >= 0.6 is 0 Å². The first-order chi connectivity index (χ1) is 14.9. The Hall–Kier alpha value is -2.91. The molecule has 166 valence electrons. The second-order valence-corrected chi connectivity index (χ2v) is 9.10. The maximum atomic E-state index is 13.0. The summed E-state index contributed by atoms with van der Waals surface area (Å²) in [5, 5.41) is 5.21. The highest BCUT2D eigenvalue weighted by atomic mass is 32.2. The van der Waals surface area contributed by atoms with Crippen molar-refractivity contribution < 1.29 is 22.7 Å². The molecular formula is C22H27N3O5S. The Balaban J connectivity index is 1.65. The van der Waals surface area contributed by atoms with Crippen LogP contribution in [-0.2, 0) is 26.0 Å². The van der Waals surface area contributed by atoms with Gasteiger partial charge >= 0.3 is 0 Å². The first kappa shape index (κ1) is 22.8. The van der Waals surface area contributed by atoms with Crippen molar-refractivity contribution in [3.05, 3.63) is 54.1 Å². The molecule has 0 atom stereocenters. The second-order valence-electron chi connectivity index (χ2n) is 7.19.